The molecular weight excluding hydrogens is 254 g/mol. The largest absolute Gasteiger partial charge is 0.351 e. The lowest BCUT2D eigenvalue weighted by Gasteiger charge is -2.23. The van der Waals surface area contributed by atoms with Crippen molar-refractivity contribution < 1.29 is 4.79 Å². The molecule has 6 heteroatoms. The van der Waals surface area contributed by atoms with Gasteiger partial charge in [0.1, 0.15) is 0 Å². The molecule has 1 heterocycles. The fraction of sp³-hybridized carbons (Fsp3) is 0.571. The van der Waals surface area contributed by atoms with Gasteiger partial charge in [0.05, 0.1) is 12.2 Å². The third-order valence-corrected chi connectivity index (χ3v) is 2.94. The van der Waals surface area contributed by atoms with Crippen LogP contribution in [-0.4, -0.2) is 66.8 Å². The Morgan fingerprint density at radius 2 is 2.15 bits per heavy atom. The molecule has 6 nitrogen and oxygen atoms in total. The van der Waals surface area contributed by atoms with Crippen molar-refractivity contribution in [3.63, 3.8) is 0 Å². The smallest absolute Gasteiger partial charge is 0.243 e. The van der Waals surface area contributed by atoms with Gasteiger partial charge in [-0.05, 0) is 28.2 Å². The molecule has 0 saturated heterocycles. The molecule has 0 aliphatic rings. The van der Waals surface area contributed by atoms with E-state index in [1.807, 2.05) is 58.6 Å². The number of hydrogen-bond acceptors (Lipinski definition) is 4. The lowest BCUT2D eigenvalue weighted by Crippen LogP contribution is -2.33. The van der Waals surface area contributed by atoms with Crippen molar-refractivity contribution in [1.82, 2.24) is 24.9 Å². The van der Waals surface area contributed by atoms with Crippen molar-refractivity contribution in [2.45, 2.75) is 6.04 Å². The summed E-state index contributed by atoms with van der Waals surface area (Å²) in [7, 11) is 9.80. The normalized spacial score (nSPS) is 13.3. The first-order valence-corrected chi connectivity index (χ1v) is 6.64. The minimum atomic E-state index is -0.0670. The van der Waals surface area contributed by atoms with Crippen molar-refractivity contribution in [1.29, 1.82) is 0 Å². The van der Waals surface area contributed by atoms with Crippen molar-refractivity contribution in [3.05, 3.63) is 30.1 Å². The van der Waals surface area contributed by atoms with E-state index < -0.39 is 0 Å². The summed E-state index contributed by atoms with van der Waals surface area (Å²) in [5.74, 6) is -0.0670. The van der Waals surface area contributed by atoms with E-state index in [-0.39, 0.29) is 11.9 Å². The Labute approximate surface area is 121 Å². The molecule has 1 atom stereocenters. The van der Waals surface area contributed by atoms with E-state index in [4.69, 9.17) is 0 Å². The highest BCUT2D eigenvalue weighted by Gasteiger charge is 2.16. The Morgan fingerprint density at radius 1 is 1.45 bits per heavy atom. The van der Waals surface area contributed by atoms with E-state index >= 15 is 0 Å². The molecule has 1 amide bonds. The van der Waals surface area contributed by atoms with Gasteiger partial charge in [0.15, 0.2) is 0 Å². The lowest BCUT2D eigenvalue weighted by molar-refractivity contribution is -0.116. The third-order valence-electron chi connectivity index (χ3n) is 2.94. The number of nitrogens with zero attached hydrogens (tertiary/aromatic N) is 4. The van der Waals surface area contributed by atoms with Crippen LogP contribution in [0.5, 0.6) is 0 Å². The van der Waals surface area contributed by atoms with E-state index in [0.29, 0.717) is 6.54 Å². The van der Waals surface area contributed by atoms with Crippen molar-refractivity contribution in [2.24, 2.45) is 7.05 Å². The molecule has 0 aromatic carbocycles. The molecule has 0 bridgehead atoms. The molecule has 20 heavy (non-hydrogen) atoms. The summed E-state index contributed by atoms with van der Waals surface area (Å²) in [5, 5.41) is 7.10. The highest BCUT2D eigenvalue weighted by atomic mass is 16.1. The van der Waals surface area contributed by atoms with Gasteiger partial charge >= 0.3 is 0 Å². The van der Waals surface area contributed by atoms with E-state index in [0.717, 1.165) is 12.1 Å². The van der Waals surface area contributed by atoms with Gasteiger partial charge in [0, 0.05) is 38.0 Å². The summed E-state index contributed by atoms with van der Waals surface area (Å²) in [6, 6.07) is 0.120. The van der Waals surface area contributed by atoms with Gasteiger partial charge in [0.25, 0.3) is 0 Å². The number of carbonyl (C=O) groups is 1. The van der Waals surface area contributed by atoms with Crippen LogP contribution in [0.2, 0.25) is 0 Å². The summed E-state index contributed by atoms with van der Waals surface area (Å²) in [6.07, 6.45) is 7.23. The maximum absolute atomic E-state index is 11.7. The maximum atomic E-state index is 11.7. The van der Waals surface area contributed by atoms with Crippen LogP contribution >= 0.6 is 0 Å². The van der Waals surface area contributed by atoms with Crippen molar-refractivity contribution >= 4 is 5.91 Å². The molecule has 0 aliphatic heterocycles. The zero-order valence-corrected chi connectivity index (χ0v) is 13.0. The first-order valence-electron chi connectivity index (χ1n) is 6.64. The van der Waals surface area contributed by atoms with Gasteiger partial charge in [-0.3, -0.25) is 9.48 Å². The number of hydrogen-bond donors (Lipinski definition) is 1. The average Bonchev–Trinajstić information content (AvgIpc) is 2.75. The fourth-order valence-corrected chi connectivity index (χ4v) is 1.84. The van der Waals surface area contributed by atoms with E-state index in [1.54, 1.807) is 10.8 Å². The second-order valence-corrected chi connectivity index (χ2v) is 5.34. The first kappa shape index (κ1) is 16.4. The Kier molecular flexibility index (Phi) is 6.41. The van der Waals surface area contributed by atoms with Crippen LogP contribution in [0.15, 0.2) is 24.5 Å². The fourth-order valence-electron chi connectivity index (χ4n) is 1.84. The highest BCUT2D eigenvalue weighted by Crippen LogP contribution is 2.15. The Morgan fingerprint density at radius 3 is 2.65 bits per heavy atom. The minimum absolute atomic E-state index is 0.0670. The first-order chi connectivity index (χ1) is 9.40. The summed E-state index contributed by atoms with van der Waals surface area (Å²) in [4.78, 5) is 15.8. The van der Waals surface area contributed by atoms with Crippen LogP contribution in [-0.2, 0) is 11.8 Å². The van der Waals surface area contributed by atoms with Gasteiger partial charge in [-0.25, -0.2) is 0 Å². The average molecular weight is 279 g/mol. The number of carbonyl (C=O) groups excluding carboxylic acids is 1. The van der Waals surface area contributed by atoms with Gasteiger partial charge in [-0.15, -0.1) is 0 Å². The van der Waals surface area contributed by atoms with E-state index in [9.17, 15) is 4.79 Å². The van der Waals surface area contributed by atoms with Crippen LogP contribution in [0.4, 0.5) is 0 Å². The molecule has 0 saturated carbocycles. The Bertz CT molecular complexity index is 450. The SMILES string of the molecule is CN(C)C/C=C/C(=O)NCC(c1cnn(C)c1)N(C)C. The van der Waals surface area contributed by atoms with Gasteiger partial charge < -0.3 is 15.1 Å². The number of likely N-dealkylation sites (N-methyl/N-ethyl adjacent to an activating group) is 2. The molecule has 0 aliphatic carbocycles. The number of aromatic nitrogens is 2. The van der Waals surface area contributed by atoms with Gasteiger partial charge in [0.2, 0.25) is 5.91 Å². The quantitative estimate of drug-likeness (QED) is 0.727. The summed E-state index contributed by atoms with van der Waals surface area (Å²) in [5.41, 5.74) is 1.09. The Hall–Kier alpha value is -1.66. The van der Waals surface area contributed by atoms with Crippen molar-refractivity contribution in [2.75, 3.05) is 41.3 Å². The molecule has 1 N–H and O–H groups in total. The zero-order valence-electron chi connectivity index (χ0n) is 13.0. The van der Waals surface area contributed by atoms with Crippen LogP contribution in [0.1, 0.15) is 11.6 Å². The minimum Gasteiger partial charge on any atom is -0.351 e. The monoisotopic (exact) mass is 279 g/mol. The topological polar surface area (TPSA) is 53.4 Å². The predicted molar refractivity (Wildman–Crippen MR) is 80.3 cm³/mol. The predicted octanol–water partition coefficient (Wildman–Crippen LogP) is 0.257. The number of rotatable bonds is 7. The molecule has 0 spiro atoms. The second-order valence-electron chi connectivity index (χ2n) is 5.34. The lowest BCUT2D eigenvalue weighted by atomic mass is 10.1. The second kappa shape index (κ2) is 7.81. The molecule has 0 fully saturated rings. The van der Waals surface area contributed by atoms with Crippen LogP contribution in [0, 0.1) is 0 Å². The van der Waals surface area contributed by atoms with Crippen LogP contribution in [0.25, 0.3) is 0 Å². The standard InChI is InChI=1S/C14H25N5O/c1-17(2)8-6-7-14(20)15-10-13(18(3)4)12-9-16-19(5)11-12/h6-7,9,11,13H,8,10H2,1-5H3,(H,15,20)/b7-6+. The Balaban J connectivity index is 2.52. The van der Waals surface area contributed by atoms with Gasteiger partial charge in [-0.2, -0.15) is 5.10 Å². The molecule has 1 unspecified atom stereocenters. The summed E-state index contributed by atoms with van der Waals surface area (Å²) in [6.45, 7) is 1.32. The van der Waals surface area contributed by atoms with Crippen LogP contribution < -0.4 is 5.32 Å². The van der Waals surface area contributed by atoms with Crippen LogP contribution in [0.3, 0.4) is 0 Å². The molecule has 1 rings (SSSR count). The molecule has 112 valence electrons. The number of aryl methyl sites for hydroxylation is 1. The molecule has 1 aromatic heterocycles. The third kappa shape index (κ3) is 5.54. The molecule has 1 aromatic rings. The van der Waals surface area contributed by atoms with Gasteiger partial charge in [-0.1, -0.05) is 6.08 Å². The highest BCUT2D eigenvalue weighted by molar-refractivity contribution is 5.87. The summed E-state index contributed by atoms with van der Waals surface area (Å²) >= 11 is 0. The zero-order chi connectivity index (χ0) is 15.1. The number of nitrogens with one attached hydrogen (secondary N) is 1. The summed E-state index contributed by atoms with van der Waals surface area (Å²) < 4.78 is 1.77. The van der Waals surface area contributed by atoms with E-state index in [1.165, 1.54) is 0 Å². The van der Waals surface area contributed by atoms with Crippen molar-refractivity contribution in [3.8, 4) is 0 Å². The molecular formula is C14H25N5O. The number of amides is 1. The molecule has 0 radical (unpaired) electrons. The maximum Gasteiger partial charge on any atom is 0.243 e. The van der Waals surface area contributed by atoms with E-state index in [2.05, 4.69) is 15.3 Å².